The van der Waals surface area contributed by atoms with Gasteiger partial charge < -0.3 is 9.64 Å². The zero-order valence-electron chi connectivity index (χ0n) is 7.88. The second-order valence-electron chi connectivity index (χ2n) is 2.60. The Morgan fingerprint density at radius 3 is 2.67 bits per heavy atom. The predicted octanol–water partition coefficient (Wildman–Crippen LogP) is 1.54. The minimum Gasteiger partial charge on any atom is -0.379 e. The van der Waals surface area contributed by atoms with Gasteiger partial charge in [0, 0.05) is 24.7 Å². The molecule has 0 saturated carbocycles. The van der Waals surface area contributed by atoms with Crippen molar-refractivity contribution in [3.05, 3.63) is 0 Å². The molecule has 0 atom stereocenters. The Morgan fingerprint density at radius 2 is 2.08 bits per heavy atom. The fourth-order valence-corrected chi connectivity index (χ4v) is 1.34. The molecule has 0 aliphatic carbocycles. The quantitative estimate of drug-likeness (QED) is 0.447. The van der Waals surface area contributed by atoms with Crippen molar-refractivity contribution >= 4 is 23.4 Å². The second kappa shape index (κ2) is 9.65. The molecule has 0 bridgehead atoms. The summed E-state index contributed by atoms with van der Waals surface area (Å²) in [4.78, 5) is 2.27. The van der Waals surface area contributed by atoms with Crippen molar-refractivity contribution in [2.24, 2.45) is 0 Å². The van der Waals surface area contributed by atoms with Gasteiger partial charge in [0.05, 0.1) is 13.2 Å². The molecule has 0 amide bonds. The predicted molar refractivity (Wildman–Crippen MR) is 57.4 cm³/mol. The Hall–Kier alpha value is 0.560. The summed E-state index contributed by atoms with van der Waals surface area (Å²) < 4.78 is 5.25. The maximum absolute atomic E-state index is 5.46. The Bertz CT molecular complexity index is 95.1. The Kier molecular flexibility index (Phi) is 10.1. The number of hydrogen-bond acceptors (Lipinski definition) is 3. The van der Waals surface area contributed by atoms with Crippen LogP contribution >= 0.6 is 23.4 Å². The number of ether oxygens (including phenoxy) is 1. The van der Waals surface area contributed by atoms with E-state index in [2.05, 4.69) is 18.2 Å². The van der Waals surface area contributed by atoms with Gasteiger partial charge in [-0.25, -0.2) is 0 Å². The van der Waals surface area contributed by atoms with Gasteiger partial charge in [0.2, 0.25) is 0 Å². The fraction of sp³-hybridized carbons (Fsp3) is 1.00. The molecule has 0 aliphatic rings. The Morgan fingerprint density at radius 1 is 1.33 bits per heavy atom. The SMILES string of the molecule is CSCCN(C)CCOCCCl. The van der Waals surface area contributed by atoms with Gasteiger partial charge in [-0.3, -0.25) is 0 Å². The van der Waals surface area contributed by atoms with Crippen molar-refractivity contribution in [3.8, 4) is 0 Å². The molecule has 12 heavy (non-hydrogen) atoms. The first-order valence-corrected chi connectivity index (χ1v) is 6.05. The van der Waals surface area contributed by atoms with Crippen LogP contribution in [-0.2, 0) is 4.74 Å². The molecule has 0 aliphatic heterocycles. The van der Waals surface area contributed by atoms with E-state index in [1.54, 1.807) is 0 Å². The van der Waals surface area contributed by atoms with Gasteiger partial charge in [-0.05, 0) is 13.3 Å². The van der Waals surface area contributed by atoms with E-state index in [0.717, 1.165) is 19.7 Å². The molecule has 0 unspecified atom stereocenters. The fourth-order valence-electron chi connectivity index (χ4n) is 0.736. The number of halogens is 1. The summed E-state index contributed by atoms with van der Waals surface area (Å²) in [5.41, 5.74) is 0. The van der Waals surface area contributed by atoms with Gasteiger partial charge in [0.1, 0.15) is 0 Å². The maximum Gasteiger partial charge on any atom is 0.0602 e. The molecule has 2 nitrogen and oxygen atoms in total. The minimum absolute atomic E-state index is 0.592. The van der Waals surface area contributed by atoms with Crippen molar-refractivity contribution in [2.45, 2.75) is 0 Å². The summed E-state index contributed by atoms with van der Waals surface area (Å²) in [6.45, 7) is 3.58. The molecular formula is C8H18ClNOS. The monoisotopic (exact) mass is 211 g/mol. The summed E-state index contributed by atoms with van der Waals surface area (Å²) in [6.07, 6.45) is 2.12. The number of thioether (sulfide) groups is 1. The molecule has 0 aromatic heterocycles. The summed E-state index contributed by atoms with van der Waals surface area (Å²) in [5, 5.41) is 0. The second-order valence-corrected chi connectivity index (χ2v) is 3.96. The smallest absolute Gasteiger partial charge is 0.0602 e. The van der Waals surface area contributed by atoms with Crippen molar-refractivity contribution in [3.63, 3.8) is 0 Å². The van der Waals surface area contributed by atoms with Crippen LogP contribution in [0.3, 0.4) is 0 Å². The molecule has 0 saturated heterocycles. The molecule has 0 heterocycles. The molecule has 0 aromatic rings. The third-order valence-corrected chi connectivity index (χ3v) is 2.26. The van der Waals surface area contributed by atoms with Crippen LogP contribution in [0, 0.1) is 0 Å². The molecular weight excluding hydrogens is 194 g/mol. The van der Waals surface area contributed by atoms with Crippen LogP contribution in [0.25, 0.3) is 0 Å². The van der Waals surface area contributed by atoms with E-state index in [9.17, 15) is 0 Å². The maximum atomic E-state index is 5.46. The van der Waals surface area contributed by atoms with Gasteiger partial charge in [0.15, 0.2) is 0 Å². The number of alkyl halides is 1. The minimum atomic E-state index is 0.592. The molecule has 0 rings (SSSR count). The number of nitrogens with zero attached hydrogens (tertiary/aromatic N) is 1. The zero-order chi connectivity index (χ0) is 9.23. The highest BCUT2D eigenvalue weighted by Gasteiger charge is 1.96. The molecule has 0 N–H and O–H groups in total. The van der Waals surface area contributed by atoms with Crippen LogP contribution in [0.15, 0.2) is 0 Å². The lowest BCUT2D eigenvalue weighted by atomic mass is 10.5. The topological polar surface area (TPSA) is 12.5 Å². The van der Waals surface area contributed by atoms with Crippen LogP contribution < -0.4 is 0 Å². The first-order valence-electron chi connectivity index (χ1n) is 4.12. The lowest BCUT2D eigenvalue weighted by Crippen LogP contribution is -2.25. The molecule has 74 valence electrons. The Balaban J connectivity index is 3.02. The average Bonchev–Trinajstić information content (AvgIpc) is 2.09. The van der Waals surface area contributed by atoms with Crippen molar-refractivity contribution < 1.29 is 4.74 Å². The highest BCUT2D eigenvalue weighted by molar-refractivity contribution is 7.98. The summed E-state index contributed by atoms with van der Waals surface area (Å²) in [7, 11) is 2.11. The van der Waals surface area contributed by atoms with Crippen LogP contribution in [0.2, 0.25) is 0 Å². The lowest BCUT2D eigenvalue weighted by molar-refractivity contribution is 0.125. The zero-order valence-corrected chi connectivity index (χ0v) is 9.46. The van der Waals surface area contributed by atoms with Crippen LogP contribution in [0.4, 0.5) is 0 Å². The van der Waals surface area contributed by atoms with Gasteiger partial charge >= 0.3 is 0 Å². The van der Waals surface area contributed by atoms with E-state index in [0.29, 0.717) is 12.5 Å². The molecule has 0 radical (unpaired) electrons. The van der Waals surface area contributed by atoms with Crippen molar-refractivity contribution in [1.82, 2.24) is 4.90 Å². The first kappa shape index (κ1) is 12.6. The molecule has 4 heteroatoms. The number of rotatable bonds is 8. The summed E-state index contributed by atoms with van der Waals surface area (Å²) >= 11 is 7.33. The highest BCUT2D eigenvalue weighted by Crippen LogP contribution is 1.92. The molecule has 0 fully saturated rings. The van der Waals surface area contributed by atoms with E-state index >= 15 is 0 Å². The third kappa shape index (κ3) is 8.65. The summed E-state index contributed by atoms with van der Waals surface area (Å²) in [6, 6.07) is 0. The first-order chi connectivity index (χ1) is 5.81. The third-order valence-electron chi connectivity index (χ3n) is 1.52. The largest absolute Gasteiger partial charge is 0.379 e. The standard InChI is InChI=1S/C8H18ClNOS/c1-10(5-8-12-2)4-7-11-6-3-9/h3-8H2,1-2H3. The van der Waals surface area contributed by atoms with Gasteiger partial charge in [0.25, 0.3) is 0 Å². The summed E-state index contributed by atoms with van der Waals surface area (Å²) in [5.74, 6) is 1.78. The normalized spacial score (nSPS) is 11.0. The van der Waals surface area contributed by atoms with Crippen LogP contribution in [0.5, 0.6) is 0 Å². The van der Waals surface area contributed by atoms with E-state index in [-0.39, 0.29) is 0 Å². The molecule has 0 aromatic carbocycles. The van der Waals surface area contributed by atoms with Crippen LogP contribution in [0.1, 0.15) is 0 Å². The van der Waals surface area contributed by atoms with Crippen LogP contribution in [-0.4, -0.2) is 56.1 Å². The van der Waals surface area contributed by atoms with Gasteiger partial charge in [-0.1, -0.05) is 0 Å². The highest BCUT2D eigenvalue weighted by atomic mass is 35.5. The van der Waals surface area contributed by atoms with Crippen molar-refractivity contribution in [1.29, 1.82) is 0 Å². The average molecular weight is 212 g/mol. The molecule has 0 spiro atoms. The number of hydrogen-bond donors (Lipinski definition) is 0. The van der Waals surface area contributed by atoms with E-state index < -0.39 is 0 Å². The number of likely N-dealkylation sites (N-methyl/N-ethyl adjacent to an activating group) is 1. The van der Waals surface area contributed by atoms with E-state index in [4.69, 9.17) is 16.3 Å². The van der Waals surface area contributed by atoms with E-state index in [1.807, 2.05) is 11.8 Å². The van der Waals surface area contributed by atoms with Gasteiger partial charge in [-0.2, -0.15) is 11.8 Å². The lowest BCUT2D eigenvalue weighted by Gasteiger charge is -2.15. The van der Waals surface area contributed by atoms with Gasteiger partial charge in [-0.15, -0.1) is 11.6 Å². The Labute approximate surface area is 84.6 Å². The van der Waals surface area contributed by atoms with Crippen molar-refractivity contribution in [2.75, 3.05) is 51.2 Å². The van der Waals surface area contributed by atoms with E-state index in [1.165, 1.54) is 5.75 Å².